The first-order valence-electron chi connectivity index (χ1n) is 10.4. The Kier molecular flexibility index (Phi) is 4.23. The van der Waals surface area contributed by atoms with Crippen molar-refractivity contribution in [2.75, 3.05) is 0 Å². The highest BCUT2D eigenvalue weighted by Crippen LogP contribution is 2.67. The quantitative estimate of drug-likeness (QED) is 0.383. The van der Waals surface area contributed by atoms with Gasteiger partial charge in [-0.1, -0.05) is 19.0 Å². The van der Waals surface area contributed by atoms with Crippen LogP contribution >= 0.6 is 0 Å². The lowest BCUT2D eigenvalue weighted by Crippen LogP contribution is -2.58. The number of rotatable bonds is 1. The molecule has 3 N–H and O–H groups in total. The number of nitrogens with zero attached hydrogens (tertiary/aromatic N) is 1. The molecule has 4 rings (SSSR count). The van der Waals surface area contributed by atoms with Gasteiger partial charge in [0.05, 0.1) is 17.9 Å². The van der Waals surface area contributed by atoms with E-state index in [1.54, 1.807) is 0 Å². The van der Waals surface area contributed by atoms with Gasteiger partial charge in [0.15, 0.2) is 0 Å². The Balaban J connectivity index is 1.65. The second-order valence-corrected chi connectivity index (χ2v) is 10.1. The SMILES string of the molecule is C/C(=N\O)[C@H]1CC[C@H]2[C@@H]3C[C@H](O)[C@@H]4C[C@H](O)CC[C@]4(C)[C@H]3CC[C@]12C. The van der Waals surface area contributed by atoms with E-state index in [2.05, 4.69) is 19.0 Å². The molecule has 0 radical (unpaired) electrons. The average molecular weight is 350 g/mol. The van der Waals surface area contributed by atoms with Gasteiger partial charge in [0.1, 0.15) is 0 Å². The average Bonchev–Trinajstić information content (AvgIpc) is 2.93. The Morgan fingerprint density at radius 3 is 2.28 bits per heavy atom. The van der Waals surface area contributed by atoms with Gasteiger partial charge >= 0.3 is 0 Å². The van der Waals surface area contributed by atoms with Crippen molar-refractivity contribution in [2.45, 2.75) is 84.3 Å². The molecule has 0 aliphatic heterocycles. The third-order valence-electron chi connectivity index (χ3n) is 9.31. The number of oxime groups is 1. The summed E-state index contributed by atoms with van der Waals surface area (Å²) in [7, 11) is 0. The number of hydrogen-bond acceptors (Lipinski definition) is 4. The van der Waals surface area contributed by atoms with Crippen molar-refractivity contribution in [3.05, 3.63) is 0 Å². The predicted molar refractivity (Wildman–Crippen MR) is 97.5 cm³/mol. The number of aliphatic hydroxyl groups excluding tert-OH is 2. The molecule has 0 aromatic rings. The first kappa shape index (κ1) is 17.8. The molecule has 0 spiro atoms. The molecule has 4 aliphatic carbocycles. The van der Waals surface area contributed by atoms with Crippen LogP contribution in [-0.2, 0) is 0 Å². The summed E-state index contributed by atoms with van der Waals surface area (Å²) in [6.07, 6.45) is 7.89. The fraction of sp³-hybridized carbons (Fsp3) is 0.952. The zero-order valence-electron chi connectivity index (χ0n) is 16.0. The van der Waals surface area contributed by atoms with Gasteiger partial charge < -0.3 is 15.4 Å². The highest BCUT2D eigenvalue weighted by Gasteiger charge is 2.62. The summed E-state index contributed by atoms with van der Waals surface area (Å²) in [4.78, 5) is 0. The van der Waals surface area contributed by atoms with E-state index in [9.17, 15) is 15.4 Å². The molecule has 9 atom stereocenters. The maximum absolute atomic E-state index is 11.0. The fourth-order valence-corrected chi connectivity index (χ4v) is 8.03. The first-order chi connectivity index (χ1) is 11.8. The van der Waals surface area contributed by atoms with E-state index < -0.39 is 0 Å². The van der Waals surface area contributed by atoms with Gasteiger partial charge in [0.2, 0.25) is 0 Å². The molecule has 0 aromatic heterocycles. The van der Waals surface area contributed by atoms with Gasteiger partial charge in [0.25, 0.3) is 0 Å². The van der Waals surface area contributed by atoms with Gasteiger partial charge in [-0.2, -0.15) is 0 Å². The first-order valence-corrected chi connectivity index (χ1v) is 10.4. The van der Waals surface area contributed by atoms with Crippen LogP contribution in [0.5, 0.6) is 0 Å². The molecule has 142 valence electrons. The molecule has 4 aliphatic rings. The monoisotopic (exact) mass is 349 g/mol. The molecule has 4 saturated carbocycles. The Morgan fingerprint density at radius 1 is 0.880 bits per heavy atom. The van der Waals surface area contributed by atoms with Crippen molar-refractivity contribution < 1.29 is 15.4 Å². The van der Waals surface area contributed by atoms with Crippen LogP contribution in [0.15, 0.2) is 5.16 Å². The smallest absolute Gasteiger partial charge is 0.0577 e. The lowest BCUT2D eigenvalue weighted by molar-refractivity contribution is -0.169. The molecule has 25 heavy (non-hydrogen) atoms. The molecular formula is C21H35NO3. The maximum atomic E-state index is 11.0. The minimum absolute atomic E-state index is 0.182. The number of fused-ring (bicyclic) bond motifs is 5. The zero-order valence-corrected chi connectivity index (χ0v) is 16.0. The van der Waals surface area contributed by atoms with Crippen molar-refractivity contribution in [1.29, 1.82) is 0 Å². The van der Waals surface area contributed by atoms with Gasteiger partial charge in [-0.25, -0.2) is 0 Å². The third kappa shape index (κ3) is 2.43. The molecule has 0 unspecified atom stereocenters. The Bertz CT molecular complexity index is 563. The summed E-state index contributed by atoms with van der Waals surface area (Å²) in [5.74, 6) is 2.55. The Hall–Kier alpha value is -0.610. The van der Waals surface area contributed by atoms with Gasteiger partial charge in [0, 0.05) is 5.92 Å². The van der Waals surface area contributed by atoms with Crippen molar-refractivity contribution in [2.24, 2.45) is 45.6 Å². The Labute approximate surface area is 151 Å². The summed E-state index contributed by atoms with van der Waals surface area (Å²) in [6, 6.07) is 0. The normalized spacial score (nSPS) is 56.0. The second-order valence-electron chi connectivity index (χ2n) is 10.1. The van der Waals surface area contributed by atoms with Crippen LogP contribution in [0.2, 0.25) is 0 Å². The van der Waals surface area contributed by atoms with E-state index in [-0.39, 0.29) is 29.0 Å². The summed E-state index contributed by atoms with van der Waals surface area (Å²) in [5.41, 5.74) is 1.29. The highest BCUT2D eigenvalue weighted by molar-refractivity contribution is 5.84. The molecule has 0 amide bonds. The van der Waals surface area contributed by atoms with Crippen molar-refractivity contribution in [3.8, 4) is 0 Å². The van der Waals surface area contributed by atoms with Crippen LogP contribution in [0, 0.1) is 40.4 Å². The van der Waals surface area contributed by atoms with E-state index in [4.69, 9.17) is 0 Å². The van der Waals surface area contributed by atoms with Crippen LogP contribution in [-0.4, -0.2) is 33.3 Å². The molecule has 0 aromatic carbocycles. The summed E-state index contributed by atoms with van der Waals surface area (Å²) in [6.45, 7) is 6.78. The van der Waals surface area contributed by atoms with Crippen molar-refractivity contribution in [3.63, 3.8) is 0 Å². The van der Waals surface area contributed by atoms with E-state index in [0.29, 0.717) is 23.7 Å². The molecule has 4 heteroatoms. The summed E-state index contributed by atoms with van der Waals surface area (Å²) < 4.78 is 0. The van der Waals surface area contributed by atoms with Crippen LogP contribution in [0.3, 0.4) is 0 Å². The van der Waals surface area contributed by atoms with Crippen LogP contribution in [0.25, 0.3) is 0 Å². The van der Waals surface area contributed by atoms with Gasteiger partial charge in [-0.15, -0.1) is 0 Å². The summed E-state index contributed by atoms with van der Waals surface area (Å²) >= 11 is 0. The molecule has 4 fully saturated rings. The largest absolute Gasteiger partial charge is 0.411 e. The molecule has 0 bridgehead atoms. The zero-order chi connectivity index (χ0) is 18.0. The molecule has 0 saturated heterocycles. The van der Waals surface area contributed by atoms with Crippen LogP contribution in [0.1, 0.15) is 72.1 Å². The van der Waals surface area contributed by atoms with Crippen LogP contribution in [0.4, 0.5) is 0 Å². The molecular weight excluding hydrogens is 314 g/mol. The van der Waals surface area contributed by atoms with Crippen LogP contribution < -0.4 is 0 Å². The van der Waals surface area contributed by atoms with Crippen molar-refractivity contribution >= 4 is 5.71 Å². The molecule has 4 nitrogen and oxygen atoms in total. The summed E-state index contributed by atoms with van der Waals surface area (Å²) in [5, 5.41) is 34.0. The van der Waals surface area contributed by atoms with E-state index in [1.807, 2.05) is 6.92 Å². The third-order valence-corrected chi connectivity index (χ3v) is 9.31. The van der Waals surface area contributed by atoms with E-state index in [1.165, 1.54) is 19.3 Å². The van der Waals surface area contributed by atoms with Gasteiger partial charge in [-0.3, -0.25) is 0 Å². The lowest BCUT2D eigenvalue weighted by atomic mass is 9.44. The highest BCUT2D eigenvalue weighted by atomic mass is 16.4. The standard InChI is InChI=1S/C21H35NO3/c1-12(22-25)15-4-5-16-14-11-19(24)18-10-13(23)6-8-21(18,3)17(14)7-9-20(15,16)2/h13-19,23-25H,4-11H2,1-3H3/b22-12+/t13-,14+,15-,16+,17+,18+,19+,20-,21-/m1/s1. The number of hydrogen-bond donors (Lipinski definition) is 3. The van der Waals surface area contributed by atoms with E-state index >= 15 is 0 Å². The molecule has 0 heterocycles. The van der Waals surface area contributed by atoms with E-state index in [0.717, 1.165) is 37.8 Å². The topological polar surface area (TPSA) is 73.1 Å². The maximum Gasteiger partial charge on any atom is 0.0577 e. The Morgan fingerprint density at radius 2 is 1.56 bits per heavy atom. The fourth-order valence-electron chi connectivity index (χ4n) is 8.03. The minimum atomic E-state index is -0.268. The lowest BCUT2D eigenvalue weighted by Gasteiger charge is -2.62. The number of aliphatic hydroxyl groups is 2. The second kappa shape index (κ2) is 5.95. The van der Waals surface area contributed by atoms with Gasteiger partial charge in [-0.05, 0) is 92.8 Å². The van der Waals surface area contributed by atoms with Crippen molar-refractivity contribution in [1.82, 2.24) is 0 Å². The predicted octanol–water partition coefficient (Wildman–Crippen LogP) is 3.83. The minimum Gasteiger partial charge on any atom is -0.411 e.